The maximum absolute atomic E-state index is 11.6. The van der Waals surface area contributed by atoms with E-state index in [-0.39, 0.29) is 5.97 Å². The Morgan fingerprint density at radius 2 is 1.77 bits per heavy atom. The summed E-state index contributed by atoms with van der Waals surface area (Å²) in [6.07, 6.45) is 1.83. The molecule has 0 unspecified atom stereocenters. The quantitative estimate of drug-likeness (QED) is 0.345. The number of benzene rings is 3. The molecule has 0 atom stereocenters. The highest BCUT2D eigenvalue weighted by atomic mass is 16.5. The second-order valence-corrected chi connectivity index (χ2v) is 7.80. The first-order valence-corrected chi connectivity index (χ1v) is 10.3. The van der Waals surface area contributed by atoms with Crippen LogP contribution in [0.3, 0.4) is 0 Å². The van der Waals surface area contributed by atoms with E-state index in [0.717, 1.165) is 33.3 Å². The first-order valence-electron chi connectivity index (χ1n) is 10.3. The lowest BCUT2D eigenvalue weighted by Crippen LogP contribution is -2.02. The van der Waals surface area contributed by atoms with Gasteiger partial charge in [-0.05, 0) is 65.1 Å². The second-order valence-electron chi connectivity index (χ2n) is 7.80. The fourth-order valence-electron chi connectivity index (χ4n) is 3.54. The summed E-state index contributed by atoms with van der Waals surface area (Å²) in [5.41, 5.74) is 5.96. The van der Waals surface area contributed by atoms with Gasteiger partial charge >= 0.3 is 5.97 Å². The van der Waals surface area contributed by atoms with Crippen molar-refractivity contribution in [2.75, 3.05) is 7.11 Å². The Labute approximate surface area is 182 Å². The van der Waals surface area contributed by atoms with Crippen LogP contribution in [0.4, 0.5) is 0 Å². The predicted molar refractivity (Wildman–Crippen MR) is 123 cm³/mol. The molecule has 1 aromatic heterocycles. The van der Waals surface area contributed by atoms with Crippen LogP contribution in [0, 0.1) is 0 Å². The van der Waals surface area contributed by atoms with Crippen LogP contribution in [0.2, 0.25) is 0 Å². The van der Waals surface area contributed by atoms with Crippen LogP contribution in [0.25, 0.3) is 22.0 Å². The van der Waals surface area contributed by atoms with E-state index >= 15 is 0 Å². The highest BCUT2D eigenvalue weighted by Gasteiger charge is 2.11. The SMILES string of the molecule is COC(=O)c1ccc(COc2cccc(-c3cc(C(C)C)cc4cccnc34)c2)cc1. The average molecular weight is 412 g/mol. The molecule has 156 valence electrons. The van der Waals surface area contributed by atoms with Gasteiger partial charge in [-0.25, -0.2) is 4.79 Å². The summed E-state index contributed by atoms with van der Waals surface area (Å²) in [7, 11) is 1.38. The molecule has 3 aromatic carbocycles. The van der Waals surface area contributed by atoms with E-state index in [1.165, 1.54) is 12.7 Å². The number of hydrogen-bond acceptors (Lipinski definition) is 4. The van der Waals surface area contributed by atoms with Gasteiger partial charge in [0.05, 0.1) is 18.2 Å². The monoisotopic (exact) mass is 411 g/mol. The predicted octanol–water partition coefficient (Wildman–Crippen LogP) is 6.39. The number of pyridine rings is 1. The number of methoxy groups -OCH3 is 1. The van der Waals surface area contributed by atoms with E-state index in [2.05, 4.69) is 49.2 Å². The number of rotatable bonds is 6. The lowest BCUT2D eigenvalue weighted by Gasteiger charge is -2.13. The van der Waals surface area contributed by atoms with E-state index in [4.69, 9.17) is 9.47 Å². The molecule has 4 heteroatoms. The third-order valence-corrected chi connectivity index (χ3v) is 5.32. The summed E-state index contributed by atoms with van der Waals surface area (Å²) in [4.78, 5) is 16.2. The number of carbonyl (C=O) groups is 1. The van der Waals surface area contributed by atoms with Crippen LogP contribution in [-0.2, 0) is 11.3 Å². The Morgan fingerprint density at radius 1 is 0.968 bits per heavy atom. The number of fused-ring (bicyclic) bond motifs is 1. The van der Waals surface area contributed by atoms with E-state index in [9.17, 15) is 4.79 Å². The Hall–Kier alpha value is -3.66. The molecule has 4 rings (SSSR count). The van der Waals surface area contributed by atoms with Crippen LogP contribution >= 0.6 is 0 Å². The molecule has 0 aliphatic rings. The lowest BCUT2D eigenvalue weighted by molar-refractivity contribution is 0.0600. The van der Waals surface area contributed by atoms with Gasteiger partial charge in [-0.15, -0.1) is 0 Å². The summed E-state index contributed by atoms with van der Waals surface area (Å²) in [5, 5.41) is 1.14. The van der Waals surface area contributed by atoms with Crippen molar-refractivity contribution in [2.45, 2.75) is 26.4 Å². The maximum atomic E-state index is 11.6. The van der Waals surface area contributed by atoms with Crippen molar-refractivity contribution in [2.24, 2.45) is 0 Å². The van der Waals surface area contributed by atoms with Gasteiger partial charge in [-0.2, -0.15) is 0 Å². The Bertz CT molecular complexity index is 1210. The van der Waals surface area contributed by atoms with Gasteiger partial charge in [0.15, 0.2) is 0 Å². The topological polar surface area (TPSA) is 48.4 Å². The van der Waals surface area contributed by atoms with Crippen molar-refractivity contribution in [3.8, 4) is 16.9 Å². The number of aromatic nitrogens is 1. The molecule has 0 amide bonds. The van der Waals surface area contributed by atoms with Crippen molar-refractivity contribution in [3.63, 3.8) is 0 Å². The van der Waals surface area contributed by atoms with E-state index in [1.54, 1.807) is 12.1 Å². The molecule has 0 saturated heterocycles. The molecule has 4 aromatic rings. The molecule has 0 bridgehead atoms. The van der Waals surface area contributed by atoms with Gasteiger partial charge in [0.2, 0.25) is 0 Å². The minimum Gasteiger partial charge on any atom is -0.489 e. The zero-order chi connectivity index (χ0) is 21.8. The van der Waals surface area contributed by atoms with Gasteiger partial charge in [0.1, 0.15) is 12.4 Å². The molecule has 0 aliphatic carbocycles. The number of nitrogens with zero attached hydrogens (tertiary/aromatic N) is 1. The van der Waals surface area contributed by atoms with Gasteiger partial charge < -0.3 is 9.47 Å². The number of hydrogen-bond donors (Lipinski definition) is 0. The fourth-order valence-corrected chi connectivity index (χ4v) is 3.54. The van der Waals surface area contributed by atoms with Crippen LogP contribution in [0.5, 0.6) is 5.75 Å². The Balaban J connectivity index is 1.60. The highest BCUT2D eigenvalue weighted by molar-refractivity contribution is 5.94. The summed E-state index contributed by atoms with van der Waals surface area (Å²) in [5.74, 6) is 0.869. The van der Waals surface area contributed by atoms with Crippen molar-refractivity contribution in [1.29, 1.82) is 0 Å². The van der Waals surface area contributed by atoms with Crippen LogP contribution in [-0.4, -0.2) is 18.1 Å². The third kappa shape index (κ3) is 4.58. The van der Waals surface area contributed by atoms with Gasteiger partial charge in [-0.1, -0.05) is 44.2 Å². The molecule has 4 nitrogen and oxygen atoms in total. The first-order chi connectivity index (χ1) is 15.0. The largest absolute Gasteiger partial charge is 0.489 e. The molecule has 31 heavy (non-hydrogen) atoms. The molecular weight excluding hydrogens is 386 g/mol. The van der Waals surface area contributed by atoms with Crippen LogP contribution in [0.1, 0.15) is 41.3 Å². The van der Waals surface area contributed by atoms with Gasteiger partial charge in [-0.3, -0.25) is 4.98 Å². The van der Waals surface area contributed by atoms with E-state index in [1.807, 2.05) is 36.5 Å². The zero-order valence-corrected chi connectivity index (χ0v) is 18.0. The summed E-state index contributed by atoms with van der Waals surface area (Å²) in [6.45, 7) is 4.81. The van der Waals surface area contributed by atoms with E-state index in [0.29, 0.717) is 18.1 Å². The van der Waals surface area contributed by atoms with Crippen molar-refractivity contribution in [1.82, 2.24) is 4.98 Å². The molecule has 0 fully saturated rings. The van der Waals surface area contributed by atoms with E-state index < -0.39 is 0 Å². The average Bonchev–Trinajstić information content (AvgIpc) is 2.82. The Kier molecular flexibility index (Phi) is 5.99. The molecule has 0 spiro atoms. The second kappa shape index (κ2) is 9.00. The van der Waals surface area contributed by atoms with Gasteiger partial charge in [0, 0.05) is 17.1 Å². The summed E-state index contributed by atoms with van der Waals surface area (Å²) >= 11 is 0. The van der Waals surface area contributed by atoms with Crippen LogP contribution in [0.15, 0.2) is 79.0 Å². The Morgan fingerprint density at radius 3 is 2.52 bits per heavy atom. The standard InChI is InChI=1S/C27H25NO3/c1-18(2)23-14-22-7-5-13-28-26(22)25(16-23)21-6-4-8-24(15-21)31-17-19-9-11-20(12-10-19)27(29)30-3/h4-16,18H,17H2,1-3H3. The molecule has 0 N–H and O–H groups in total. The molecule has 0 aliphatic heterocycles. The summed E-state index contributed by atoms with van der Waals surface area (Å²) in [6, 6.07) is 23.9. The molecular formula is C27H25NO3. The molecule has 0 radical (unpaired) electrons. The number of carbonyl (C=O) groups excluding carboxylic acids is 1. The van der Waals surface area contributed by atoms with Crippen LogP contribution < -0.4 is 4.74 Å². The lowest BCUT2D eigenvalue weighted by atomic mass is 9.94. The normalized spacial score (nSPS) is 11.0. The fraction of sp³-hybridized carbons (Fsp3) is 0.185. The van der Waals surface area contributed by atoms with Crippen molar-refractivity contribution < 1.29 is 14.3 Å². The smallest absolute Gasteiger partial charge is 0.337 e. The van der Waals surface area contributed by atoms with Crippen molar-refractivity contribution in [3.05, 3.63) is 95.7 Å². The van der Waals surface area contributed by atoms with Gasteiger partial charge in [0.25, 0.3) is 0 Å². The molecule has 1 heterocycles. The highest BCUT2D eigenvalue weighted by Crippen LogP contribution is 2.33. The maximum Gasteiger partial charge on any atom is 0.337 e. The summed E-state index contributed by atoms with van der Waals surface area (Å²) < 4.78 is 10.8. The first kappa shape index (κ1) is 20.6. The minimum atomic E-state index is -0.343. The minimum absolute atomic E-state index is 0.343. The number of esters is 1. The molecule has 0 saturated carbocycles. The zero-order valence-electron chi connectivity index (χ0n) is 18.0. The van der Waals surface area contributed by atoms with Crippen molar-refractivity contribution >= 4 is 16.9 Å². The number of ether oxygens (including phenoxy) is 2. The third-order valence-electron chi connectivity index (χ3n) is 5.32.